The van der Waals surface area contributed by atoms with E-state index in [-0.39, 0.29) is 16.7 Å². The average molecular weight is 291 g/mol. The maximum absolute atomic E-state index is 13.8. The van der Waals surface area contributed by atoms with Crippen molar-refractivity contribution >= 4 is 17.6 Å². The van der Waals surface area contributed by atoms with Crippen molar-refractivity contribution in [1.29, 1.82) is 0 Å². The number of aryl methyl sites for hydroxylation is 1. The summed E-state index contributed by atoms with van der Waals surface area (Å²) in [7, 11) is 0. The molecule has 0 bridgehead atoms. The van der Waals surface area contributed by atoms with Crippen molar-refractivity contribution in [3.63, 3.8) is 0 Å². The highest BCUT2D eigenvalue weighted by Crippen LogP contribution is 2.22. The minimum Gasteiger partial charge on any atom is -0.478 e. The zero-order valence-corrected chi connectivity index (χ0v) is 11.0. The van der Waals surface area contributed by atoms with Gasteiger partial charge < -0.3 is 10.4 Å². The standard InChI is InChI=1S/C15H11F2NO3/c1-8-2-7-11(16)13(12(8)17)18-14(19)9-3-5-10(6-4-9)15(20)21/h2-7H,1H3,(H,18,19)(H,20,21). The molecular weight excluding hydrogens is 280 g/mol. The molecule has 4 nitrogen and oxygen atoms in total. The lowest BCUT2D eigenvalue weighted by atomic mass is 10.1. The molecule has 0 aliphatic heterocycles. The minimum atomic E-state index is -1.13. The van der Waals surface area contributed by atoms with Crippen LogP contribution in [0, 0.1) is 18.6 Å². The summed E-state index contributed by atoms with van der Waals surface area (Å²) in [6.45, 7) is 1.45. The zero-order valence-electron chi connectivity index (χ0n) is 11.0. The normalized spacial score (nSPS) is 10.2. The van der Waals surface area contributed by atoms with E-state index in [2.05, 4.69) is 5.32 Å². The van der Waals surface area contributed by atoms with Crippen LogP contribution in [0.4, 0.5) is 14.5 Å². The van der Waals surface area contributed by atoms with Crippen molar-refractivity contribution in [3.8, 4) is 0 Å². The first-order chi connectivity index (χ1) is 9.90. The van der Waals surface area contributed by atoms with E-state index in [1.807, 2.05) is 0 Å². The number of hydrogen-bond donors (Lipinski definition) is 2. The average Bonchev–Trinajstić information content (AvgIpc) is 2.47. The molecule has 0 aromatic heterocycles. The lowest BCUT2D eigenvalue weighted by Gasteiger charge is -2.09. The van der Waals surface area contributed by atoms with E-state index in [9.17, 15) is 18.4 Å². The summed E-state index contributed by atoms with van der Waals surface area (Å²) in [5, 5.41) is 10.9. The smallest absolute Gasteiger partial charge is 0.335 e. The van der Waals surface area contributed by atoms with Gasteiger partial charge in [-0.15, -0.1) is 0 Å². The van der Waals surface area contributed by atoms with Gasteiger partial charge in [0.1, 0.15) is 11.5 Å². The Balaban J connectivity index is 2.26. The molecule has 2 N–H and O–H groups in total. The second-order valence-corrected chi connectivity index (χ2v) is 4.39. The highest BCUT2D eigenvalue weighted by atomic mass is 19.1. The van der Waals surface area contributed by atoms with Crippen molar-refractivity contribution in [1.82, 2.24) is 0 Å². The summed E-state index contributed by atoms with van der Waals surface area (Å²) < 4.78 is 27.3. The van der Waals surface area contributed by atoms with Crippen LogP contribution in [-0.4, -0.2) is 17.0 Å². The number of aromatic carboxylic acids is 1. The van der Waals surface area contributed by atoms with E-state index in [1.54, 1.807) is 0 Å². The van der Waals surface area contributed by atoms with Crippen LogP contribution in [0.15, 0.2) is 36.4 Å². The van der Waals surface area contributed by atoms with Gasteiger partial charge in [-0.1, -0.05) is 6.07 Å². The molecule has 108 valence electrons. The molecule has 0 spiro atoms. The lowest BCUT2D eigenvalue weighted by Crippen LogP contribution is -2.15. The predicted molar refractivity (Wildman–Crippen MR) is 72.4 cm³/mol. The van der Waals surface area contributed by atoms with E-state index in [1.165, 1.54) is 37.3 Å². The first-order valence-corrected chi connectivity index (χ1v) is 5.99. The van der Waals surface area contributed by atoms with Crippen molar-refractivity contribution < 1.29 is 23.5 Å². The SMILES string of the molecule is Cc1ccc(F)c(NC(=O)c2ccc(C(=O)O)cc2)c1F. The van der Waals surface area contributed by atoms with Gasteiger partial charge >= 0.3 is 5.97 Å². The highest BCUT2D eigenvalue weighted by Gasteiger charge is 2.15. The summed E-state index contributed by atoms with van der Waals surface area (Å²) in [4.78, 5) is 22.6. The Bertz CT molecular complexity index is 712. The molecule has 2 aromatic rings. The number of carbonyl (C=O) groups excluding carboxylic acids is 1. The summed E-state index contributed by atoms with van der Waals surface area (Å²) in [6.07, 6.45) is 0. The molecule has 0 radical (unpaired) electrons. The lowest BCUT2D eigenvalue weighted by molar-refractivity contribution is 0.0696. The number of carbonyl (C=O) groups is 2. The monoisotopic (exact) mass is 291 g/mol. The zero-order chi connectivity index (χ0) is 15.6. The van der Waals surface area contributed by atoms with Crippen LogP contribution >= 0.6 is 0 Å². The number of benzene rings is 2. The highest BCUT2D eigenvalue weighted by molar-refractivity contribution is 6.05. The van der Waals surface area contributed by atoms with Gasteiger partial charge in [0.15, 0.2) is 5.82 Å². The largest absolute Gasteiger partial charge is 0.478 e. The molecule has 0 saturated heterocycles. The van der Waals surface area contributed by atoms with Crippen LogP contribution in [0.5, 0.6) is 0 Å². The summed E-state index contributed by atoms with van der Waals surface area (Å²) in [5.74, 6) is -3.58. The molecule has 21 heavy (non-hydrogen) atoms. The van der Waals surface area contributed by atoms with Crippen LogP contribution in [0.2, 0.25) is 0 Å². The number of halogens is 2. The van der Waals surface area contributed by atoms with Crippen LogP contribution in [0.3, 0.4) is 0 Å². The van der Waals surface area contributed by atoms with Crippen molar-refractivity contribution in [2.24, 2.45) is 0 Å². The Hall–Kier alpha value is -2.76. The number of carboxylic acids is 1. The quantitative estimate of drug-likeness (QED) is 0.912. The van der Waals surface area contributed by atoms with Crippen molar-refractivity contribution in [2.75, 3.05) is 5.32 Å². The summed E-state index contributed by atoms with van der Waals surface area (Å²) in [5.41, 5.74) is -0.213. The Kier molecular flexibility index (Phi) is 3.98. The molecule has 0 heterocycles. The molecule has 2 rings (SSSR count). The van der Waals surface area contributed by atoms with E-state index in [0.29, 0.717) is 0 Å². The number of amides is 1. The summed E-state index contributed by atoms with van der Waals surface area (Å²) >= 11 is 0. The molecule has 0 aliphatic carbocycles. The maximum atomic E-state index is 13.8. The fourth-order valence-corrected chi connectivity index (χ4v) is 1.72. The van der Waals surface area contributed by atoms with Gasteiger partial charge in [0.25, 0.3) is 5.91 Å². The van der Waals surface area contributed by atoms with Crippen molar-refractivity contribution in [3.05, 3.63) is 64.7 Å². The van der Waals surface area contributed by atoms with Crippen LogP contribution in [-0.2, 0) is 0 Å². The summed E-state index contributed by atoms with van der Waals surface area (Å²) in [6, 6.07) is 7.33. The fraction of sp³-hybridized carbons (Fsp3) is 0.0667. The maximum Gasteiger partial charge on any atom is 0.335 e. The Morgan fingerprint density at radius 3 is 2.14 bits per heavy atom. The molecular formula is C15H11F2NO3. The third-order valence-corrected chi connectivity index (χ3v) is 2.92. The first kappa shape index (κ1) is 14.6. The van der Waals surface area contributed by atoms with Crippen LogP contribution in [0.25, 0.3) is 0 Å². The van der Waals surface area contributed by atoms with E-state index in [0.717, 1.165) is 6.07 Å². The number of hydrogen-bond acceptors (Lipinski definition) is 2. The van der Waals surface area contributed by atoms with Gasteiger partial charge in [0, 0.05) is 5.56 Å². The first-order valence-electron chi connectivity index (χ1n) is 5.99. The van der Waals surface area contributed by atoms with Gasteiger partial charge in [0.2, 0.25) is 0 Å². The van der Waals surface area contributed by atoms with Crippen LogP contribution in [0.1, 0.15) is 26.3 Å². The number of nitrogens with one attached hydrogen (secondary N) is 1. The Labute approximate surface area is 119 Å². The molecule has 0 saturated carbocycles. The van der Waals surface area contributed by atoms with Gasteiger partial charge in [-0.05, 0) is 42.8 Å². The second-order valence-electron chi connectivity index (χ2n) is 4.39. The molecule has 6 heteroatoms. The van der Waals surface area contributed by atoms with Gasteiger partial charge in [-0.3, -0.25) is 4.79 Å². The van der Waals surface area contributed by atoms with E-state index >= 15 is 0 Å². The molecule has 0 unspecified atom stereocenters. The number of anilines is 1. The molecule has 1 amide bonds. The number of rotatable bonds is 3. The molecule has 0 atom stereocenters. The third kappa shape index (κ3) is 3.05. The van der Waals surface area contributed by atoms with E-state index in [4.69, 9.17) is 5.11 Å². The molecule has 0 fully saturated rings. The Morgan fingerprint density at radius 2 is 1.57 bits per heavy atom. The van der Waals surface area contributed by atoms with Gasteiger partial charge in [0.05, 0.1) is 5.56 Å². The number of carboxylic acid groups (broad SMARTS) is 1. The third-order valence-electron chi connectivity index (χ3n) is 2.92. The van der Waals surface area contributed by atoms with E-state index < -0.39 is 29.2 Å². The Morgan fingerprint density at radius 1 is 1.00 bits per heavy atom. The predicted octanol–water partition coefficient (Wildman–Crippen LogP) is 3.22. The topological polar surface area (TPSA) is 66.4 Å². The molecule has 2 aromatic carbocycles. The molecule has 0 aliphatic rings. The fourth-order valence-electron chi connectivity index (χ4n) is 1.72. The van der Waals surface area contributed by atoms with Crippen molar-refractivity contribution in [2.45, 2.75) is 6.92 Å². The van der Waals surface area contributed by atoms with Crippen LogP contribution < -0.4 is 5.32 Å². The second kappa shape index (κ2) is 5.70. The minimum absolute atomic E-state index is 0.0134. The van der Waals surface area contributed by atoms with Gasteiger partial charge in [-0.2, -0.15) is 0 Å². The van der Waals surface area contributed by atoms with Gasteiger partial charge in [-0.25, -0.2) is 13.6 Å².